The number of halogens is 2. The van der Waals surface area contributed by atoms with Gasteiger partial charge in [0.25, 0.3) is 0 Å². The smallest absolute Gasteiger partial charge is 0.170 e. The van der Waals surface area contributed by atoms with Gasteiger partial charge in [-0.15, -0.1) is 0 Å². The van der Waals surface area contributed by atoms with Gasteiger partial charge in [0.2, 0.25) is 0 Å². The standard InChI is InChI=1S/C17H18BrClN2S/c1-12(7-8-13-5-3-2-4-6-13)20-17(22)21-14-9-10-15(18)16(19)11-14/h2-6,9-12H,7-8H2,1H3,(H2,20,21,22)/t12-/m0/s1. The molecule has 22 heavy (non-hydrogen) atoms. The molecule has 2 rings (SSSR count). The maximum atomic E-state index is 6.07. The molecule has 0 radical (unpaired) electrons. The maximum absolute atomic E-state index is 6.07. The average Bonchev–Trinajstić information content (AvgIpc) is 2.50. The quantitative estimate of drug-likeness (QED) is 0.660. The van der Waals surface area contributed by atoms with E-state index in [1.165, 1.54) is 5.56 Å². The van der Waals surface area contributed by atoms with E-state index >= 15 is 0 Å². The van der Waals surface area contributed by atoms with Gasteiger partial charge in [0.1, 0.15) is 0 Å². The van der Waals surface area contributed by atoms with E-state index in [-0.39, 0.29) is 0 Å². The van der Waals surface area contributed by atoms with Crippen LogP contribution in [-0.2, 0) is 6.42 Å². The van der Waals surface area contributed by atoms with Gasteiger partial charge in [-0.1, -0.05) is 41.9 Å². The van der Waals surface area contributed by atoms with Gasteiger partial charge in [0.15, 0.2) is 5.11 Å². The molecule has 0 spiro atoms. The van der Waals surface area contributed by atoms with Crippen molar-refractivity contribution in [3.05, 3.63) is 63.6 Å². The van der Waals surface area contributed by atoms with Crippen LogP contribution in [0, 0.1) is 0 Å². The van der Waals surface area contributed by atoms with E-state index in [2.05, 4.69) is 57.8 Å². The van der Waals surface area contributed by atoms with Crippen LogP contribution in [0.1, 0.15) is 18.9 Å². The molecule has 2 nitrogen and oxygen atoms in total. The molecule has 2 aromatic rings. The number of rotatable bonds is 5. The van der Waals surface area contributed by atoms with E-state index < -0.39 is 0 Å². The molecule has 116 valence electrons. The molecule has 0 amide bonds. The van der Waals surface area contributed by atoms with E-state index in [1.807, 2.05) is 24.3 Å². The lowest BCUT2D eigenvalue weighted by molar-refractivity contribution is 0.609. The Hall–Kier alpha value is -1.10. The van der Waals surface area contributed by atoms with Crippen molar-refractivity contribution >= 4 is 50.5 Å². The van der Waals surface area contributed by atoms with Crippen LogP contribution in [0.25, 0.3) is 0 Å². The molecule has 0 heterocycles. The SMILES string of the molecule is C[C@@H](CCc1ccccc1)NC(=S)Nc1ccc(Br)c(Cl)c1. The fourth-order valence-electron chi connectivity index (χ4n) is 2.06. The summed E-state index contributed by atoms with van der Waals surface area (Å²) in [5, 5.41) is 7.72. The fraction of sp³-hybridized carbons (Fsp3) is 0.235. The van der Waals surface area contributed by atoms with Crippen molar-refractivity contribution in [2.75, 3.05) is 5.32 Å². The van der Waals surface area contributed by atoms with Crippen LogP contribution in [0.3, 0.4) is 0 Å². The van der Waals surface area contributed by atoms with Gasteiger partial charge in [-0.3, -0.25) is 0 Å². The first kappa shape index (κ1) is 17.3. The molecule has 0 aliphatic heterocycles. The van der Waals surface area contributed by atoms with Crippen LogP contribution in [0.2, 0.25) is 5.02 Å². The predicted octanol–water partition coefficient (Wildman–Crippen LogP) is 5.41. The fourth-order valence-corrected chi connectivity index (χ4v) is 2.81. The summed E-state index contributed by atoms with van der Waals surface area (Å²) >= 11 is 14.8. The van der Waals surface area contributed by atoms with Crippen LogP contribution in [0.4, 0.5) is 5.69 Å². The van der Waals surface area contributed by atoms with E-state index in [0.717, 1.165) is 23.0 Å². The van der Waals surface area contributed by atoms with E-state index in [1.54, 1.807) is 0 Å². The zero-order valence-electron chi connectivity index (χ0n) is 12.3. The lowest BCUT2D eigenvalue weighted by atomic mass is 10.1. The molecular formula is C17H18BrClN2S. The average molecular weight is 398 g/mol. The van der Waals surface area contributed by atoms with Crippen LogP contribution in [0.15, 0.2) is 53.0 Å². The Bertz CT molecular complexity index is 634. The summed E-state index contributed by atoms with van der Waals surface area (Å²) in [7, 11) is 0. The molecule has 0 bridgehead atoms. The third-order valence-corrected chi connectivity index (χ3v) is 4.72. The molecule has 0 aromatic heterocycles. The molecule has 0 saturated heterocycles. The number of anilines is 1. The first-order valence-corrected chi connectivity index (χ1v) is 8.69. The molecule has 5 heteroatoms. The largest absolute Gasteiger partial charge is 0.360 e. The Morgan fingerprint density at radius 2 is 1.95 bits per heavy atom. The summed E-state index contributed by atoms with van der Waals surface area (Å²) in [5.41, 5.74) is 2.22. The van der Waals surface area contributed by atoms with Crippen LogP contribution in [0.5, 0.6) is 0 Å². The zero-order valence-corrected chi connectivity index (χ0v) is 15.4. The molecule has 0 aliphatic carbocycles. The number of thiocarbonyl (C=S) groups is 1. The van der Waals surface area contributed by atoms with Gasteiger partial charge in [0, 0.05) is 16.2 Å². The van der Waals surface area contributed by atoms with E-state index in [0.29, 0.717) is 16.2 Å². The third-order valence-electron chi connectivity index (χ3n) is 3.26. The highest BCUT2D eigenvalue weighted by molar-refractivity contribution is 9.10. The van der Waals surface area contributed by atoms with Crippen LogP contribution in [-0.4, -0.2) is 11.2 Å². The van der Waals surface area contributed by atoms with Crippen LogP contribution >= 0.6 is 39.7 Å². The van der Waals surface area contributed by atoms with Crippen molar-refractivity contribution < 1.29 is 0 Å². The molecule has 0 unspecified atom stereocenters. The summed E-state index contributed by atoms with van der Waals surface area (Å²) in [6.07, 6.45) is 2.05. The Balaban J connectivity index is 1.79. The summed E-state index contributed by atoms with van der Waals surface area (Å²) in [5.74, 6) is 0. The molecule has 0 aliphatic rings. The summed E-state index contributed by atoms with van der Waals surface area (Å²) < 4.78 is 0.870. The van der Waals surface area contributed by atoms with Crippen LogP contribution < -0.4 is 10.6 Å². The second kappa shape index (κ2) is 8.51. The van der Waals surface area contributed by atoms with Crippen molar-refractivity contribution in [2.45, 2.75) is 25.8 Å². The number of hydrogen-bond acceptors (Lipinski definition) is 1. The van der Waals surface area contributed by atoms with Gasteiger partial charge in [0.05, 0.1) is 5.02 Å². The Kier molecular flexibility index (Phi) is 6.68. The van der Waals surface area contributed by atoms with Gasteiger partial charge >= 0.3 is 0 Å². The van der Waals surface area contributed by atoms with Crippen molar-refractivity contribution in [3.8, 4) is 0 Å². The van der Waals surface area contributed by atoms with Crippen molar-refractivity contribution in [1.82, 2.24) is 5.32 Å². The minimum atomic E-state index is 0.297. The van der Waals surface area contributed by atoms with Gasteiger partial charge in [-0.2, -0.15) is 0 Å². The maximum Gasteiger partial charge on any atom is 0.170 e. The van der Waals surface area contributed by atoms with Crippen molar-refractivity contribution in [2.24, 2.45) is 0 Å². The molecule has 1 atom stereocenters. The molecular weight excluding hydrogens is 380 g/mol. The first-order valence-electron chi connectivity index (χ1n) is 7.11. The number of benzene rings is 2. The number of hydrogen-bond donors (Lipinski definition) is 2. The lowest BCUT2D eigenvalue weighted by Crippen LogP contribution is -2.36. The number of nitrogens with one attached hydrogen (secondary N) is 2. The second-order valence-corrected chi connectivity index (χ2v) is 6.82. The van der Waals surface area contributed by atoms with Gasteiger partial charge < -0.3 is 10.6 Å². The lowest BCUT2D eigenvalue weighted by Gasteiger charge is -2.17. The van der Waals surface area contributed by atoms with Gasteiger partial charge in [-0.05, 0) is 71.7 Å². The highest BCUT2D eigenvalue weighted by Gasteiger charge is 2.06. The zero-order chi connectivity index (χ0) is 15.9. The summed E-state index contributed by atoms with van der Waals surface area (Å²) in [6.45, 7) is 2.13. The topological polar surface area (TPSA) is 24.1 Å². The van der Waals surface area contributed by atoms with Gasteiger partial charge in [-0.25, -0.2) is 0 Å². The Labute approximate surface area is 150 Å². The van der Waals surface area contributed by atoms with E-state index in [9.17, 15) is 0 Å². The molecule has 2 aromatic carbocycles. The summed E-state index contributed by atoms with van der Waals surface area (Å²) in [6, 6.07) is 16.4. The molecule has 0 fully saturated rings. The van der Waals surface area contributed by atoms with E-state index in [4.69, 9.17) is 23.8 Å². The third kappa shape index (κ3) is 5.59. The highest BCUT2D eigenvalue weighted by Crippen LogP contribution is 2.25. The highest BCUT2D eigenvalue weighted by atomic mass is 79.9. The minimum absolute atomic E-state index is 0.297. The monoisotopic (exact) mass is 396 g/mol. The molecule has 0 saturated carbocycles. The number of aryl methyl sites for hydroxylation is 1. The Morgan fingerprint density at radius 3 is 2.64 bits per heavy atom. The minimum Gasteiger partial charge on any atom is -0.360 e. The Morgan fingerprint density at radius 1 is 1.23 bits per heavy atom. The first-order chi connectivity index (χ1) is 10.5. The predicted molar refractivity (Wildman–Crippen MR) is 103 cm³/mol. The summed E-state index contributed by atoms with van der Waals surface area (Å²) in [4.78, 5) is 0. The normalized spacial score (nSPS) is 11.8. The van der Waals surface area contributed by atoms with Crippen molar-refractivity contribution in [1.29, 1.82) is 0 Å². The second-order valence-electron chi connectivity index (χ2n) is 5.15. The molecule has 2 N–H and O–H groups in total. The van der Waals surface area contributed by atoms with Crippen molar-refractivity contribution in [3.63, 3.8) is 0 Å².